The van der Waals surface area contributed by atoms with Gasteiger partial charge in [-0.1, -0.05) is 6.07 Å². The van der Waals surface area contributed by atoms with Gasteiger partial charge >= 0.3 is 5.97 Å². The Morgan fingerprint density at radius 1 is 1.50 bits per heavy atom. The Kier molecular flexibility index (Phi) is 3.28. The first-order valence-electron chi connectivity index (χ1n) is 4.72. The molecule has 84 valence electrons. The molecule has 0 fully saturated rings. The molecule has 16 heavy (non-hydrogen) atoms. The molecule has 0 radical (unpaired) electrons. The molecule has 0 aliphatic heterocycles. The fourth-order valence-electron chi connectivity index (χ4n) is 1.52. The molecule has 0 aliphatic rings. The van der Waals surface area contributed by atoms with Crippen LogP contribution in [0.1, 0.15) is 25.0 Å². The molecule has 0 bridgehead atoms. The number of nitriles is 1. The molecule has 0 atom stereocenters. The Bertz CT molecular complexity index is 461. The number of carbonyl (C=O) groups excluding carboxylic acids is 1. The highest BCUT2D eigenvalue weighted by atomic mass is 19.1. The van der Waals surface area contributed by atoms with E-state index in [0.29, 0.717) is 5.56 Å². The standard InChI is InChI=1S/C12H12FNO2/c1-12(2,11(15)16-3)10-5-4-9(13)6-8(10)7-14/h4-6H,1-3H3. The number of nitrogens with zero attached hydrogens (tertiary/aromatic N) is 1. The van der Waals surface area contributed by atoms with Gasteiger partial charge in [0.05, 0.1) is 24.2 Å². The van der Waals surface area contributed by atoms with E-state index in [2.05, 4.69) is 4.74 Å². The zero-order valence-electron chi connectivity index (χ0n) is 9.37. The molecule has 0 unspecified atom stereocenters. The van der Waals surface area contributed by atoms with Gasteiger partial charge in [-0.25, -0.2) is 4.39 Å². The molecular weight excluding hydrogens is 209 g/mol. The van der Waals surface area contributed by atoms with Gasteiger partial charge < -0.3 is 4.74 Å². The summed E-state index contributed by atoms with van der Waals surface area (Å²) >= 11 is 0. The van der Waals surface area contributed by atoms with Crippen LogP contribution in [0.5, 0.6) is 0 Å². The first kappa shape index (κ1) is 12.2. The van der Waals surface area contributed by atoms with Crippen molar-refractivity contribution in [1.29, 1.82) is 5.26 Å². The van der Waals surface area contributed by atoms with Crippen LogP contribution in [0.2, 0.25) is 0 Å². The minimum absolute atomic E-state index is 0.149. The molecule has 0 spiro atoms. The molecule has 0 saturated heterocycles. The van der Waals surface area contributed by atoms with Crippen molar-refractivity contribution in [1.82, 2.24) is 0 Å². The van der Waals surface area contributed by atoms with Gasteiger partial charge in [0.2, 0.25) is 0 Å². The molecule has 1 aromatic rings. The van der Waals surface area contributed by atoms with Crippen LogP contribution in [0, 0.1) is 17.1 Å². The van der Waals surface area contributed by atoms with Gasteiger partial charge in [-0.3, -0.25) is 4.79 Å². The van der Waals surface area contributed by atoms with Crippen molar-refractivity contribution in [3.63, 3.8) is 0 Å². The van der Waals surface area contributed by atoms with E-state index in [1.807, 2.05) is 6.07 Å². The minimum Gasteiger partial charge on any atom is -0.468 e. The van der Waals surface area contributed by atoms with E-state index in [-0.39, 0.29) is 5.56 Å². The van der Waals surface area contributed by atoms with Gasteiger partial charge in [0.25, 0.3) is 0 Å². The van der Waals surface area contributed by atoms with Crippen molar-refractivity contribution >= 4 is 5.97 Å². The van der Waals surface area contributed by atoms with Crippen LogP contribution in [0.4, 0.5) is 4.39 Å². The molecule has 0 saturated carbocycles. The summed E-state index contributed by atoms with van der Waals surface area (Å²) in [5.41, 5.74) is -0.355. The monoisotopic (exact) mass is 221 g/mol. The minimum atomic E-state index is -0.965. The maximum absolute atomic E-state index is 12.9. The molecule has 1 aromatic carbocycles. The Balaban J connectivity index is 3.34. The smallest absolute Gasteiger partial charge is 0.315 e. The summed E-state index contributed by atoms with van der Waals surface area (Å²) in [5, 5.41) is 8.89. The van der Waals surface area contributed by atoms with E-state index in [1.54, 1.807) is 13.8 Å². The number of rotatable bonds is 2. The lowest BCUT2D eigenvalue weighted by Crippen LogP contribution is -2.31. The number of carbonyl (C=O) groups is 1. The number of halogens is 1. The highest BCUT2D eigenvalue weighted by Gasteiger charge is 2.33. The number of methoxy groups -OCH3 is 1. The summed E-state index contributed by atoms with van der Waals surface area (Å²) in [4.78, 5) is 11.6. The van der Waals surface area contributed by atoms with Crippen LogP contribution in [-0.4, -0.2) is 13.1 Å². The van der Waals surface area contributed by atoms with Crippen LogP contribution in [0.3, 0.4) is 0 Å². The molecule has 0 amide bonds. The summed E-state index contributed by atoms with van der Waals surface area (Å²) in [7, 11) is 1.28. The van der Waals surface area contributed by atoms with Gasteiger partial charge in [-0.05, 0) is 31.5 Å². The third kappa shape index (κ3) is 2.03. The van der Waals surface area contributed by atoms with Crippen molar-refractivity contribution in [3.05, 3.63) is 35.1 Å². The third-order valence-corrected chi connectivity index (χ3v) is 2.47. The topological polar surface area (TPSA) is 50.1 Å². The van der Waals surface area contributed by atoms with E-state index in [0.717, 1.165) is 6.07 Å². The maximum Gasteiger partial charge on any atom is 0.315 e. The van der Waals surface area contributed by atoms with Crippen molar-refractivity contribution in [2.75, 3.05) is 7.11 Å². The first-order chi connectivity index (χ1) is 7.43. The zero-order chi connectivity index (χ0) is 12.3. The molecule has 4 heteroatoms. The Labute approximate surface area is 93.5 Å². The van der Waals surface area contributed by atoms with E-state index >= 15 is 0 Å². The predicted molar refractivity (Wildman–Crippen MR) is 56.2 cm³/mol. The lowest BCUT2D eigenvalue weighted by Gasteiger charge is -2.22. The second kappa shape index (κ2) is 4.31. The lowest BCUT2D eigenvalue weighted by molar-refractivity contribution is -0.146. The van der Waals surface area contributed by atoms with Crippen LogP contribution in [0.25, 0.3) is 0 Å². The molecule has 0 N–H and O–H groups in total. The van der Waals surface area contributed by atoms with Crippen LogP contribution in [-0.2, 0) is 14.9 Å². The van der Waals surface area contributed by atoms with Gasteiger partial charge in [0.15, 0.2) is 0 Å². The van der Waals surface area contributed by atoms with Gasteiger partial charge in [-0.2, -0.15) is 5.26 Å². The largest absolute Gasteiger partial charge is 0.468 e. The predicted octanol–water partition coefficient (Wildman–Crippen LogP) is 2.15. The highest BCUT2D eigenvalue weighted by Crippen LogP contribution is 2.28. The number of hydrogen-bond donors (Lipinski definition) is 0. The molecule has 0 aromatic heterocycles. The summed E-state index contributed by atoms with van der Waals surface area (Å²) in [6, 6.07) is 5.64. The maximum atomic E-state index is 12.9. The van der Waals surface area contributed by atoms with Crippen molar-refractivity contribution in [2.24, 2.45) is 0 Å². The normalized spacial score (nSPS) is 10.7. The van der Waals surface area contributed by atoms with E-state index in [4.69, 9.17) is 5.26 Å². The fraction of sp³-hybridized carbons (Fsp3) is 0.333. The third-order valence-electron chi connectivity index (χ3n) is 2.47. The van der Waals surface area contributed by atoms with Crippen molar-refractivity contribution in [2.45, 2.75) is 19.3 Å². The lowest BCUT2D eigenvalue weighted by atomic mass is 9.82. The Morgan fingerprint density at radius 3 is 2.62 bits per heavy atom. The average Bonchev–Trinajstić information content (AvgIpc) is 2.27. The Hall–Kier alpha value is -1.89. The molecular formula is C12H12FNO2. The highest BCUT2D eigenvalue weighted by molar-refractivity contribution is 5.83. The van der Waals surface area contributed by atoms with E-state index in [1.165, 1.54) is 19.2 Å². The van der Waals surface area contributed by atoms with Crippen LogP contribution < -0.4 is 0 Å². The molecule has 3 nitrogen and oxygen atoms in total. The van der Waals surface area contributed by atoms with Gasteiger partial charge in [0.1, 0.15) is 5.82 Å². The second-order valence-electron chi connectivity index (χ2n) is 3.92. The van der Waals surface area contributed by atoms with Gasteiger partial charge in [-0.15, -0.1) is 0 Å². The Morgan fingerprint density at radius 2 is 2.12 bits per heavy atom. The summed E-state index contributed by atoms with van der Waals surface area (Å²) < 4.78 is 17.6. The van der Waals surface area contributed by atoms with Crippen LogP contribution in [0.15, 0.2) is 18.2 Å². The SMILES string of the molecule is COC(=O)C(C)(C)c1ccc(F)cc1C#N. The summed E-state index contributed by atoms with van der Waals surface area (Å²) in [5.74, 6) is -0.962. The summed E-state index contributed by atoms with van der Waals surface area (Å²) in [6.07, 6.45) is 0. The summed E-state index contributed by atoms with van der Waals surface area (Å²) in [6.45, 7) is 3.26. The molecule has 0 heterocycles. The van der Waals surface area contributed by atoms with E-state index < -0.39 is 17.2 Å². The van der Waals surface area contributed by atoms with Crippen molar-refractivity contribution in [3.8, 4) is 6.07 Å². The fourth-order valence-corrected chi connectivity index (χ4v) is 1.52. The van der Waals surface area contributed by atoms with Crippen LogP contribution >= 0.6 is 0 Å². The molecule has 0 aliphatic carbocycles. The van der Waals surface area contributed by atoms with Crippen molar-refractivity contribution < 1.29 is 13.9 Å². The number of ether oxygens (including phenoxy) is 1. The molecule has 1 rings (SSSR count). The van der Waals surface area contributed by atoms with E-state index in [9.17, 15) is 9.18 Å². The number of esters is 1. The second-order valence-corrected chi connectivity index (χ2v) is 3.92. The number of hydrogen-bond acceptors (Lipinski definition) is 3. The van der Waals surface area contributed by atoms with Gasteiger partial charge in [0, 0.05) is 0 Å². The quantitative estimate of drug-likeness (QED) is 0.719. The zero-order valence-corrected chi connectivity index (χ0v) is 9.37. The average molecular weight is 221 g/mol. The number of benzene rings is 1. The first-order valence-corrected chi connectivity index (χ1v) is 4.72.